The van der Waals surface area contributed by atoms with Crippen molar-refractivity contribution >= 4 is 52.4 Å². The maximum atomic E-state index is 2.90. The normalized spacial score (nSPS) is 16.3. The molecule has 0 N–H and O–H groups in total. The summed E-state index contributed by atoms with van der Waals surface area (Å²) in [5.74, 6) is -0.516. The first-order valence-corrected chi connectivity index (χ1v) is 30.8. The van der Waals surface area contributed by atoms with Gasteiger partial charge in [0.25, 0.3) is 0 Å². The van der Waals surface area contributed by atoms with Crippen molar-refractivity contribution in [2.24, 2.45) is 0 Å². The molecule has 0 aliphatic rings. The molecule has 0 aliphatic heterocycles. The van der Waals surface area contributed by atoms with Gasteiger partial charge in [-0.1, -0.05) is 0 Å². The molecule has 6 heteroatoms. The zero-order valence-corrected chi connectivity index (χ0v) is 34.8. The molecule has 3 radical (unpaired) electrons. The molecule has 0 atom stereocenters. The summed E-state index contributed by atoms with van der Waals surface area (Å²) in [6.45, 7) is 55.8. The summed E-state index contributed by atoms with van der Waals surface area (Å²) >= 11 is 2.89. The fourth-order valence-corrected chi connectivity index (χ4v) is 124. The van der Waals surface area contributed by atoms with Crippen molar-refractivity contribution in [3.05, 3.63) is 0 Å². The van der Waals surface area contributed by atoms with Gasteiger partial charge in [-0.2, -0.15) is 0 Å². The summed E-state index contributed by atoms with van der Waals surface area (Å²) in [5.41, 5.74) is 1.63. The second kappa shape index (κ2) is 9.98. The Kier molecular flexibility index (Phi) is 10.5. The van der Waals surface area contributed by atoms with Crippen molar-refractivity contribution in [2.75, 3.05) is 0 Å². The van der Waals surface area contributed by atoms with Gasteiger partial charge in [-0.05, 0) is 0 Å². The van der Waals surface area contributed by atoms with Crippen LogP contribution in [-0.2, 0) is 0 Å². The Hall–Kier alpha value is 1.63. The zero-order valence-electron chi connectivity index (χ0n) is 27.7. The van der Waals surface area contributed by atoms with Crippen LogP contribution in [0.15, 0.2) is 0 Å². The van der Waals surface area contributed by atoms with Gasteiger partial charge in [-0.15, -0.1) is 0 Å². The molecule has 0 amide bonds. The molecule has 0 aromatic carbocycles. The average Bonchev–Trinajstić information content (AvgIpc) is 2.50. The topological polar surface area (TPSA) is 0 Å². The molecule has 0 rings (SSSR count). The van der Waals surface area contributed by atoms with E-state index >= 15 is 0 Å². The van der Waals surface area contributed by atoms with Gasteiger partial charge in [0.05, 0.1) is 0 Å². The molecule has 0 bridgehead atoms. The minimum atomic E-state index is -1.66. The maximum absolute atomic E-state index is 2.90. The first-order chi connectivity index (χ1) is 14.2. The van der Waals surface area contributed by atoms with E-state index in [9.17, 15) is 0 Å². The third-order valence-electron chi connectivity index (χ3n) is 11.2. The Bertz CT molecular complexity index is 686. The second-order valence-electron chi connectivity index (χ2n) is 18.1. The third kappa shape index (κ3) is 6.10. The van der Waals surface area contributed by atoms with Crippen molar-refractivity contribution in [3.63, 3.8) is 0 Å². The van der Waals surface area contributed by atoms with Crippen LogP contribution in [0, 0.1) is 0 Å². The molecule has 0 saturated carbocycles. The van der Waals surface area contributed by atoms with Crippen molar-refractivity contribution in [1.29, 1.82) is 0 Å². The zero-order chi connectivity index (χ0) is 28.4. The third-order valence-corrected chi connectivity index (χ3v) is 93.6. The quantitative estimate of drug-likeness (QED) is 0.270. The van der Waals surface area contributed by atoms with Crippen LogP contribution >= 0.6 is 0 Å². The van der Waals surface area contributed by atoms with E-state index in [-0.39, 0.29) is 0 Å². The molecule has 0 nitrogen and oxygen atoms in total. The van der Waals surface area contributed by atoms with E-state index in [0.717, 1.165) is 0 Å². The van der Waals surface area contributed by atoms with Crippen LogP contribution in [0.5, 0.6) is 0 Å². The Morgan fingerprint density at radius 3 is 0.853 bits per heavy atom. The van der Waals surface area contributed by atoms with Crippen molar-refractivity contribution in [1.82, 2.24) is 0 Å². The Labute approximate surface area is 231 Å². The summed E-state index contributed by atoms with van der Waals surface area (Å²) in [7, 11) is -5.43. The van der Waals surface area contributed by atoms with E-state index in [0.29, 0.717) is 30.2 Å². The molecule has 201 valence electrons. The average molecular weight is 615 g/mol. The van der Waals surface area contributed by atoms with Gasteiger partial charge in [0.1, 0.15) is 0 Å². The predicted octanol–water partition coefficient (Wildman–Crippen LogP) is 10.5. The minimum absolute atomic E-state index is 0.426. The first kappa shape index (κ1) is 35.6. The van der Waals surface area contributed by atoms with Gasteiger partial charge in [0, 0.05) is 0 Å². The Morgan fingerprint density at radius 1 is 0.441 bits per heavy atom. The molecule has 0 heterocycles. The second-order valence-corrected chi connectivity index (χ2v) is 62.5. The summed E-state index contributed by atoms with van der Waals surface area (Å²) in [6, 6.07) is 0. The molecule has 0 unspecified atom stereocenters. The summed E-state index contributed by atoms with van der Waals surface area (Å²) in [4.78, 5) is 0. The fourth-order valence-electron chi connectivity index (χ4n) is 6.73. The summed E-state index contributed by atoms with van der Waals surface area (Å²) in [6.07, 6.45) is 0. The molecule has 0 spiro atoms. The molecule has 0 saturated heterocycles. The van der Waals surface area contributed by atoms with E-state index < -0.39 is 37.0 Å². The fraction of sp³-hybridized carbons (Fsp3) is 1.00. The van der Waals surface area contributed by atoms with Crippen molar-refractivity contribution < 1.29 is 0 Å². The van der Waals surface area contributed by atoms with E-state index in [4.69, 9.17) is 0 Å². The van der Waals surface area contributed by atoms with Crippen molar-refractivity contribution in [2.45, 2.75) is 180 Å². The van der Waals surface area contributed by atoms with E-state index in [1.165, 1.54) is 0 Å². The van der Waals surface area contributed by atoms with E-state index in [1.54, 1.807) is 5.67 Å². The van der Waals surface area contributed by atoms with Gasteiger partial charge in [0.15, 0.2) is 0 Å². The SMILES string of the molecule is CC(C)(C)[Si](C)(C[Si]([Si](=[Ge])[Si](C)(C(C)(C)C)C(C)(C)C)[Si](C)(C(C)(C)C)C(C)(C)C)C(C)(C)C. The molecule has 0 fully saturated rings. The van der Waals surface area contributed by atoms with Gasteiger partial charge >= 0.3 is 233 Å². The molecule has 0 aliphatic carbocycles. The van der Waals surface area contributed by atoms with Crippen LogP contribution in [-0.4, -0.2) is 52.4 Å². The van der Waals surface area contributed by atoms with Crippen LogP contribution in [0.1, 0.15) is 125 Å². The van der Waals surface area contributed by atoms with E-state index in [2.05, 4.69) is 160 Å². The van der Waals surface area contributed by atoms with Crippen LogP contribution < -0.4 is 0 Å². The van der Waals surface area contributed by atoms with Crippen molar-refractivity contribution in [3.8, 4) is 0 Å². The van der Waals surface area contributed by atoms with Crippen LogP contribution in [0.3, 0.4) is 0 Å². The Morgan fingerprint density at radius 2 is 0.676 bits per heavy atom. The number of rotatable bonds is 5. The number of hydrogen-bond donors (Lipinski definition) is 0. The molecule has 0 aromatic rings. The van der Waals surface area contributed by atoms with E-state index in [1.807, 2.05) is 0 Å². The molecular weight excluding hydrogens is 549 g/mol. The molecule has 34 heavy (non-hydrogen) atoms. The van der Waals surface area contributed by atoms with Gasteiger partial charge in [-0.25, -0.2) is 0 Å². The summed E-state index contributed by atoms with van der Waals surface area (Å²) < 4.78 is 0. The van der Waals surface area contributed by atoms with Crippen LogP contribution in [0.4, 0.5) is 0 Å². The Balaban J connectivity index is 7.73. The first-order valence-electron chi connectivity index (χ1n) is 13.7. The van der Waals surface area contributed by atoms with Gasteiger partial charge in [-0.3, -0.25) is 0 Å². The number of hydrogen-bond acceptors (Lipinski definition) is 0. The summed E-state index contributed by atoms with van der Waals surface area (Å²) in [5, 5.41) is 2.60. The monoisotopic (exact) mass is 615 g/mol. The molecular formula is C28H65GeSi5. The van der Waals surface area contributed by atoms with Gasteiger partial charge in [0.2, 0.25) is 0 Å². The predicted molar refractivity (Wildman–Crippen MR) is 175 cm³/mol. The van der Waals surface area contributed by atoms with Crippen LogP contribution in [0.2, 0.25) is 55.5 Å². The molecule has 0 aromatic heterocycles. The van der Waals surface area contributed by atoms with Gasteiger partial charge < -0.3 is 0 Å². The standard InChI is InChI=1S/C28H65GeSi5/c1-23(2,3)32(19,24(4,5)6)22-30(33(20,25(7,8)9)26(10,11)12)31(29)34(21,27(13,14)15)28(16,17)18/h22H2,1-21H3. The van der Waals surface area contributed by atoms with Crippen LogP contribution in [0.25, 0.3) is 0 Å².